The molecular weight excluding hydrogens is 344 g/mol. The van der Waals surface area contributed by atoms with Gasteiger partial charge in [0.15, 0.2) is 0 Å². The van der Waals surface area contributed by atoms with Gasteiger partial charge in [-0.25, -0.2) is 0 Å². The maximum atomic E-state index is 11.2. The van der Waals surface area contributed by atoms with Crippen LogP contribution in [0.5, 0.6) is 0 Å². The zero-order valence-corrected chi connectivity index (χ0v) is 13.1. The Hall–Kier alpha value is -1.64. The summed E-state index contributed by atoms with van der Waals surface area (Å²) >= 11 is 4.99. The quantitative estimate of drug-likeness (QED) is 0.487. The van der Waals surface area contributed by atoms with Gasteiger partial charge >= 0.3 is 5.69 Å². The van der Waals surface area contributed by atoms with Crippen molar-refractivity contribution in [2.24, 2.45) is 5.84 Å². The largest absolute Gasteiger partial charge is 0.365 e. The van der Waals surface area contributed by atoms with Crippen LogP contribution in [-0.2, 0) is 6.54 Å². The molecule has 3 N–H and O–H groups in total. The number of nitro groups is 1. The molecule has 0 fully saturated rings. The van der Waals surface area contributed by atoms with Crippen LogP contribution < -0.4 is 16.2 Å². The second-order valence-electron chi connectivity index (χ2n) is 4.19. The monoisotopic (exact) mass is 356 g/mol. The van der Waals surface area contributed by atoms with Crippen molar-refractivity contribution in [3.8, 4) is 0 Å². The Labute approximate surface area is 128 Å². The lowest BCUT2D eigenvalue weighted by Gasteiger charge is -2.19. The first-order valence-corrected chi connectivity index (χ1v) is 7.38. The average molecular weight is 357 g/mol. The van der Waals surface area contributed by atoms with Gasteiger partial charge in [-0.2, -0.15) is 0 Å². The molecule has 0 amide bonds. The van der Waals surface area contributed by atoms with Crippen molar-refractivity contribution in [1.29, 1.82) is 0 Å². The maximum Gasteiger partial charge on any atom is 0.316 e. The fourth-order valence-corrected chi connectivity index (χ4v) is 3.14. The van der Waals surface area contributed by atoms with Crippen LogP contribution in [0.15, 0.2) is 33.4 Å². The maximum absolute atomic E-state index is 11.2. The lowest BCUT2D eigenvalue weighted by molar-refractivity contribution is -0.383. The average Bonchev–Trinajstić information content (AvgIpc) is 2.82. The summed E-state index contributed by atoms with van der Waals surface area (Å²) in [7, 11) is 1.81. The number of para-hydroxylation sites is 1. The summed E-state index contributed by atoms with van der Waals surface area (Å²) in [4.78, 5) is 12.6. The van der Waals surface area contributed by atoms with Crippen LogP contribution in [-0.4, -0.2) is 12.0 Å². The normalized spacial score (nSPS) is 10.3. The van der Waals surface area contributed by atoms with E-state index in [0.29, 0.717) is 17.9 Å². The number of benzene rings is 1. The van der Waals surface area contributed by atoms with Crippen LogP contribution in [0.4, 0.5) is 17.1 Å². The smallest absolute Gasteiger partial charge is 0.316 e. The molecule has 1 heterocycles. The van der Waals surface area contributed by atoms with E-state index in [1.165, 1.54) is 0 Å². The second-order valence-corrected chi connectivity index (χ2v) is 6.48. The predicted molar refractivity (Wildman–Crippen MR) is 85.0 cm³/mol. The molecule has 2 rings (SSSR count). The van der Waals surface area contributed by atoms with E-state index >= 15 is 0 Å². The Balaban J connectivity index is 2.34. The summed E-state index contributed by atoms with van der Waals surface area (Å²) in [6, 6.07) is 7.02. The number of nitrogens with two attached hydrogens (primary N) is 1. The summed E-state index contributed by atoms with van der Waals surface area (Å²) in [6.45, 7) is 0.580. The highest BCUT2D eigenvalue weighted by atomic mass is 79.9. The molecule has 8 heteroatoms. The third-order valence-corrected chi connectivity index (χ3v) is 4.36. The van der Waals surface area contributed by atoms with Gasteiger partial charge in [0.05, 0.1) is 8.71 Å². The van der Waals surface area contributed by atoms with E-state index in [0.717, 1.165) is 9.35 Å². The number of nitrogens with one attached hydrogen (secondary N) is 1. The zero-order valence-electron chi connectivity index (χ0n) is 10.7. The molecule has 6 nitrogen and oxygen atoms in total. The predicted octanol–water partition coefficient (Wildman–Crippen LogP) is 3.34. The number of nitrogens with zero attached hydrogens (tertiary/aromatic N) is 2. The molecule has 0 aliphatic rings. The molecule has 1 aromatic carbocycles. The van der Waals surface area contributed by atoms with Gasteiger partial charge in [0.2, 0.25) is 0 Å². The van der Waals surface area contributed by atoms with Gasteiger partial charge in [-0.15, -0.1) is 11.3 Å². The molecular formula is C12H13BrN4O2S. The van der Waals surface area contributed by atoms with E-state index in [1.54, 1.807) is 29.5 Å². The molecule has 0 saturated carbocycles. The molecule has 0 aliphatic carbocycles. The molecule has 0 atom stereocenters. The van der Waals surface area contributed by atoms with E-state index in [1.807, 2.05) is 23.4 Å². The van der Waals surface area contributed by atoms with Crippen molar-refractivity contribution in [3.05, 3.63) is 49.1 Å². The Morgan fingerprint density at radius 3 is 2.85 bits per heavy atom. The van der Waals surface area contributed by atoms with Crippen molar-refractivity contribution in [2.45, 2.75) is 6.54 Å². The number of hydrogen-bond donors (Lipinski definition) is 2. The number of hydrogen-bond acceptors (Lipinski definition) is 6. The Kier molecular flexibility index (Phi) is 4.58. The first-order valence-electron chi connectivity index (χ1n) is 5.71. The SMILES string of the molecule is CN(Cc1csc(Br)c1)c1cccc(NN)c1[N+](=O)[O-]. The van der Waals surface area contributed by atoms with Crippen molar-refractivity contribution in [3.63, 3.8) is 0 Å². The molecule has 20 heavy (non-hydrogen) atoms. The van der Waals surface area contributed by atoms with E-state index in [4.69, 9.17) is 5.84 Å². The standard InChI is InChI=1S/C12H13BrN4O2S/c1-16(6-8-5-11(13)20-7-8)10-4-2-3-9(15-14)12(10)17(18)19/h2-5,7,15H,6,14H2,1H3. The third-order valence-electron chi connectivity index (χ3n) is 2.81. The topological polar surface area (TPSA) is 84.4 Å². The Morgan fingerprint density at radius 1 is 1.55 bits per heavy atom. The lowest BCUT2D eigenvalue weighted by atomic mass is 10.2. The van der Waals surface area contributed by atoms with E-state index in [9.17, 15) is 10.1 Å². The van der Waals surface area contributed by atoms with Crippen LogP contribution in [0.3, 0.4) is 0 Å². The molecule has 0 unspecified atom stereocenters. The van der Waals surface area contributed by atoms with Gasteiger partial charge in [-0.1, -0.05) is 6.07 Å². The van der Waals surface area contributed by atoms with E-state index < -0.39 is 4.92 Å². The highest BCUT2D eigenvalue weighted by molar-refractivity contribution is 9.11. The van der Waals surface area contributed by atoms with Crippen LogP contribution in [0, 0.1) is 10.1 Å². The number of halogens is 1. The number of hydrazine groups is 1. The minimum atomic E-state index is -0.426. The van der Waals surface area contributed by atoms with Crippen molar-refractivity contribution >= 4 is 44.3 Å². The molecule has 106 valence electrons. The first kappa shape index (κ1) is 14.8. The van der Waals surface area contributed by atoms with Gasteiger partial charge < -0.3 is 10.3 Å². The Morgan fingerprint density at radius 2 is 2.30 bits per heavy atom. The summed E-state index contributed by atoms with van der Waals surface area (Å²) in [5.41, 5.74) is 4.25. The van der Waals surface area contributed by atoms with Crippen LogP contribution in [0.2, 0.25) is 0 Å². The molecule has 0 radical (unpaired) electrons. The zero-order chi connectivity index (χ0) is 14.7. The highest BCUT2D eigenvalue weighted by Gasteiger charge is 2.21. The minimum Gasteiger partial charge on any atom is -0.365 e. The molecule has 0 spiro atoms. The molecule has 0 saturated heterocycles. The van der Waals surface area contributed by atoms with Crippen LogP contribution in [0.25, 0.3) is 0 Å². The minimum absolute atomic E-state index is 0.0215. The third kappa shape index (κ3) is 3.09. The van der Waals surface area contributed by atoms with Crippen molar-refractivity contribution < 1.29 is 4.92 Å². The van der Waals surface area contributed by atoms with Gasteiger partial charge in [0.25, 0.3) is 0 Å². The molecule has 0 bridgehead atoms. The van der Waals surface area contributed by atoms with E-state index in [2.05, 4.69) is 21.4 Å². The summed E-state index contributed by atoms with van der Waals surface area (Å²) < 4.78 is 1.03. The van der Waals surface area contributed by atoms with Gasteiger partial charge in [-0.3, -0.25) is 16.0 Å². The van der Waals surface area contributed by atoms with Crippen molar-refractivity contribution in [1.82, 2.24) is 0 Å². The molecule has 2 aromatic rings. The van der Waals surface area contributed by atoms with Crippen LogP contribution >= 0.6 is 27.3 Å². The number of nitrogen functional groups attached to an aromatic ring is 1. The van der Waals surface area contributed by atoms with Crippen LogP contribution in [0.1, 0.15) is 5.56 Å². The van der Waals surface area contributed by atoms with Gasteiger partial charge in [0, 0.05) is 13.6 Å². The lowest BCUT2D eigenvalue weighted by Crippen LogP contribution is -2.18. The highest BCUT2D eigenvalue weighted by Crippen LogP contribution is 2.35. The fraction of sp³-hybridized carbons (Fsp3) is 0.167. The van der Waals surface area contributed by atoms with Gasteiger partial charge in [0.1, 0.15) is 11.4 Å². The Bertz CT molecular complexity index is 632. The molecule has 0 aliphatic heterocycles. The number of anilines is 2. The number of thiophene rings is 1. The first-order chi connectivity index (χ1) is 9.52. The summed E-state index contributed by atoms with van der Waals surface area (Å²) in [6.07, 6.45) is 0. The second kappa shape index (κ2) is 6.21. The van der Waals surface area contributed by atoms with Gasteiger partial charge in [-0.05, 0) is 45.1 Å². The number of nitro benzene ring substituents is 1. The summed E-state index contributed by atoms with van der Waals surface area (Å²) in [5.74, 6) is 5.34. The number of rotatable bonds is 5. The fourth-order valence-electron chi connectivity index (χ4n) is 1.94. The van der Waals surface area contributed by atoms with Crippen molar-refractivity contribution in [2.75, 3.05) is 17.4 Å². The van der Waals surface area contributed by atoms with E-state index in [-0.39, 0.29) is 5.69 Å². The molecule has 1 aromatic heterocycles. The summed E-state index contributed by atoms with van der Waals surface area (Å²) in [5, 5.41) is 13.3.